The van der Waals surface area contributed by atoms with Crippen molar-refractivity contribution in [3.63, 3.8) is 0 Å². The van der Waals surface area contributed by atoms with Crippen LogP contribution < -0.4 is 21.9 Å². The third-order valence-corrected chi connectivity index (χ3v) is 2.52. The number of aryl methyl sites for hydroxylation is 1. The van der Waals surface area contributed by atoms with Gasteiger partial charge in [0.15, 0.2) is 5.82 Å². The Morgan fingerprint density at radius 2 is 1.78 bits per heavy atom. The Labute approximate surface area is 104 Å². The van der Waals surface area contributed by atoms with Gasteiger partial charge in [-0.3, -0.25) is 0 Å². The maximum Gasteiger partial charge on any atom is 0.222 e. The van der Waals surface area contributed by atoms with E-state index in [0.717, 1.165) is 11.3 Å². The van der Waals surface area contributed by atoms with Crippen LogP contribution >= 0.6 is 0 Å². The van der Waals surface area contributed by atoms with Crippen molar-refractivity contribution < 1.29 is 4.74 Å². The maximum absolute atomic E-state index is 5.86. The predicted molar refractivity (Wildman–Crippen MR) is 69.8 cm³/mol. The molecule has 0 atom stereocenters. The molecule has 2 heterocycles. The monoisotopic (exact) mass is 246 g/mol. The second-order valence-corrected chi connectivity index (χ2v) is 3.72. The highest BCUT2D eigenvalue weighted by atomic mass is 16.5. The van der Waals surface area contributed by atoms with Crippen LogP contribution in [0.5, 0.6) is 5.88 Å². The predicted octanol–water partition coefficient (Wildman–Crippen LogP) is 0.602. The molecule has 0 bridgehead atoms. The number of rotatable bonds is 2. The van der Waals surface area contributed by atoms with Gasteiger partial charge in [0.2, 0.25) is 11.8 Å². The molecule has 0 unspecified atom stereocenters. The van der Waals surface area contributed by atoms with Gasteiger partial charge in [0, 0.05) is 11.6 Å². The highest BCUT2D eigenvalue weighted by Crippen LogP contribution is 2.30. The van der Waals surface area contributed by atoms with Crippen molar-refractivity contribution in [2.75, 3.05) is 24.3 Å². The summed E-state index contributed by atoms with van der Waals surface area (Å²) < 4.78 is 5.04. The van der Waals surface area contributed by atoms with Crippen LogP contribution in [0.1, 0.15) is 5.69 Å². The lowest BCUT2D eigenvalue weighted by atomic mass is 10.1. The van der Waals surface area contributed by atoms with E-state index in [1.165, 1.54) is 0 Å². The van der Waals surface area contributed by atoms with Gasteiger partial charge in [-0.15, -0.1) is 0 Å². The van der Waals surface area contributed by atoms with Crippen molar-refractivity contribution in [3.05, 3.63) is 17.8 Å². The van der Waals surface area contributed by atoms with Crippen molar-refractivity contribution >= 4 is 17.5 Å². The van der Waals surface area contributed by atoms with E-state index in [1.807, 2.05) is 6.92 Å². The molecule has 94 valence electrons. The van der Waals surface area contributed by atoms with E-state index in [0.29, 0.717) is 17.3 Å². The second-order valence-electron chi connectivity index (χ2n) is 3.72. The summed E-state index contributed by atoms with van der Waals surface area (Å²) in [6.45, 7) is 1.83. The standard InChI is InChI=1S/C11H14N6O/c1-5-6(3-4-7(15-5)18-2)9-8(12)10(13)17-11(14)16-9/h3-4H,12H2,1-2H3,(H4,13,14,16,17). The number of ether oxygens (including phenoxy) is 1. The van der Waals surface area contributed by atoms with Gasteiger partial charge in [-0.2, -0.15) is 4.98 Å². The molecule has 7 nitrogen and oxygen atoms in total. The van der Waals surface area contributed by atoms with Crippen molar-refractivity contribution in [3.8, 4) is 17.1 Å². The fourth-order valence-corrected chi connectivity index (χ4v) is 1.61. The normalized spacial score (nSPS) is 10.3. The number of nitrogen functional groups attached to an aromatic ring is 3. The van der Waals surface area contributed by atoms with Crippen LogP contribution in [0.25, 0.3) is 11.3 Å². The van der Waals surface area contributed by atoms with Gasteiger partial charge < -0.3 is 21.9 Å². The van der Waals surface area contributed by atoms with E-state index < -0.39 is 0 Å². The minimum absolute atomic E-state index is 0.0759. The molecule has 6 N–H and O–H groups in total. The third-order valence-electron chi connectivity index (χ3n) is 2.52. The van der Waals surface area contributed by atoms with Crippen molar-refractivity contribution in [1.82, 2.24) is 15.0 Å². The zero-order valence-corrected chi connectivity index (χ0v) is 10.1. The van der Waals surface area contributed by atoms with Crippen molar-refractivity contribution in [1.29, 1.82) is 0 Å². The summed E-state index contributed by atoms with van der Waals surface area (Å²) in [4.78, 5) is 12.1. The molecule has 0 fully saturated rings. The minimum atomic E-state index is 0.0759. The summed E-state index contributed by atoms with van der Waals surface area (Å²) >= 11 is 0. The lowest BCUT2D eigenvalue weighted by molar-refractivity contribution is 0.397. The molecule has 0 spiro atoms. The number of aromatic nitrogens is 3. The third kappa shape index (κ3) is 1.97. The Hall–Kier alpha value is -2.57. The fraction of sp³-hybridized carbons (Fsp3) is 0.182. The Bertz CT molecular complexity index is 598. The summed E-state index contributed by atoms with van der Waals surface area (Å²) in [7, 11) is 1.55. The van der Waals surface area contributed by atoms with Gasteiger partial charge in [-0.1, -0.05) is 0 Å². The first kappa shape index (κ1) is 11.9. The Kier molecular flexibility index (Phi) is 2.88. The molecule has 0 aliphatic heterocycles. The smallest absolute Gasteiger partial charge is 0.222 e. The molecular formula is C11H14N6O. The molecule has 0 saturated carbocycles. The molecule has 2 aromatic heterocycles. The second kappa shape index (κ2) is 4.36. The first-order valence-electron chi connectivity index (χ1n) is 5.23. The lowest BCUT2D eigenvalue weighted by Gasteiger charge is -2.10. The van der Waals surface area contributed by atoms with Crippen LogP contribution in [-0.2, 0) is 0 Å². The summed E-state index contributed by atoms with van der Waals surface area (Å²) in [5.41, 5.74) is 19.3. The van der Waals surface area contributed by atoms with E-state index in [4.69, 9.17) is 21.9 Å². The molecule has 0 saturated heterocycles. The van der Waals surface area contributed by atoms with Gasteiger partial charge in [-0.25, -0.2) is 9.97 Å². The van der Waals surface area contributed by atoms with Crippen LogP contribution in [0, 0.1) is 6.92 Å². The van der Waals surface area contributed by atoms with E-state index in [2.05, 4.69) is 15.0 Å². The van der Waals surface area contributed by atoms with E-state index in [9.17, 15) is 0 Å². The quantitative estimate of drug-likeness (QED) is 0.708. The molecule has 7 heteroatoms. The summed E-state index contributed by atoms with van der Waals surface area (Å²) in [6, 6.07) is 3.52. The number of anilines is 3. The zero-order chi connectivity index (χ0) is 13.3. The minimum Gasteiger partial charge on any atom is -0.481 e. The SMILES string of the molecule is COc1ccc(-c2nc(N)nc(N)c2N)c(C)n1. The van der Waals surface area contributed by atoms with Gasteiger partial charge in [0.05, 0.1) is 12.8 Å². The Balaban J connectivity index is 2.62. The van der Waals surface area contributed by atoms with Crippen LogP contribution in [0.2, 0.25) is 0 Å². The van der Waals surface area contributed by atoms with Crippen LogP contribution in [0.15, 0.2) is 12.1 Å². The molecule has 0 aliphatic rings. The first-order chi connectivity index (χ1) is 8.52. The topological polar surface area (TPSA) is 126 Å². The molecule has 0 radical (unpaired) electrons. The average molecular weight is 246 g/mol. The van der Waals surface area contributed by atoms with Crippen LogP contribution in [0.4, 0.5) is 17.5 Å². The fourth-order valence-electron chi connectivity index (χ4n) is 1.61. The summed E-state index contributed by atoms with van der Waals surface area (Å²) in [5.74, 6) is 0.754. The Morgan fingerprint density at radius 3 is 2.39 bits per heavy atom. The van der Waals surface area contributed by atoms with Crippen molar-refractivity contribution in [2.45, 2.75) is 6.92 Å². The zero-order valence-electron chi connectivity index (χ0n) is 10.1. The molecule has 2 rings (SSSR count). The number of hydrogen-bond donors (Lipinski definition) is 3. The molecule has 18 heavy (non-hydrogen) atoms. The van der Waals surface area contributed by atoms with Crippen LogP contribution in [0.3, 0.4) is 0 Å². The van der Waals surface area contributed by atoms with Crippen molar-refractivity contribution in [2.24, 2.45) is 0 Å². The van der Waals surface area contributed by atoms with Gasteiger partial charge in [0.25, 0.3) is 0 Å². The molecular weight excluding hydrogens is 232 g/mol. The van der Waals surface area contributed by atoms with Gasteiger partial charge in [-0.05, 0) is 13.0 Å². The molecule has 0 amide bonds. The van der Waals surface area contributed by atoms with Crippen LogP contribution in [-0.4, -0.2) is 22.1 Å². The summed E-state index contributed by atoms with van der Waals surface area (Å²) in [5, 5.41) is 0. The first-order valence-corrected chi connectivity index (χ1v) is 5.23. The number of methoxy groups -OCH3 is 1. The summed E-state index contributed by atoms with van der Waals surface area (Å²) in [6.07, 6.45) is 0. The average Bonchev–Trinajstić information content (AvgIpc) is 2.34. The molecule has 0 aliphatic carbocycles. The highest BCUT2D eigenvalue weighted by Gasteiger charge is 2.13. The van der Waals surface area contributed by atoms with Gasteiger partial charge in [0.1, 0.15) is 11.4 Å². The van der Waals surface area contributed by atoms with E-state index in [-0.39, 0.29) is 11.8 Å². The Morgan fingerprint density at radius 1 is 1.06 bits per heavy atom. The van der Waals surface area contributed by atoms with Gasteiger partial charge >= 0.3 is 0 Å². The number of pyridine rings is 1. The number of hydrogen-bond acceptors (Lipinski definition) is 7. The van der Waals surface area contributed by atoms with E-state index in [1.54, 1.807) is 19.2 Å². The largest absolute Gasteiger partial charge is 0.481 e. The maximum atomic E-state index is 5.86. The highest BCUT2D eigenvalue weighted by molar-refractivity contribution is 5.81. The lowest BCUT2D eigenvalue weighted by Crippen LogP contribution is -2.07. The molecule has 2 aromatic rings. The molecule has 0 aromatic carbocycles. The number of nitrogens with zero attached hydrogens (tertiary/aromatic N) is 3. The van der Waals surface area contributed by atoms with E-state index >= 15 is 0 Å². The number of nitrogens with two attached hydrogens (primary N) is 3.